The van der Waals surface area contributed by atoms with Gasteiger partial charge >= 0.3 is 0 Å². The highest BCUT2D eigenvalue weighted by molar-refractivity contribution is 5.51. The Kier molecular flexibility index (Phi) is 5.50. The number of methoxy groups -OCH3 is 1. The second kappa shape index (κ2) is 8.57. The highest BCUT2D eigenvalue weighted by Crippen LogP contribution is 2.28. The average Bonchev–Trinajstić information content (AvgIpc) is 3.24. The molecule has 5 rings (SSSR count). The van der Waals surface area contributed by atoms with E-state index in [0.29, 0.717) is 11.8 Å². The molecule has 3 aromatic heterocycles. The number of likely N-dealkylation sites (tertiary alicyclic amines) is 1. The predicted octanol–water partition coefficient (Wildman–Crippen LogP) is 2.35. The Morgan fingerprint density at radius 1 is 1.17 bits per heavy atom. The molecule has 2 fully saturated rings. The SMILES string of the molecule is COc1ncccc1CN1CCC[C@@H](c2nc3ccc(N4CCOCC4)cn3n2)C1. The van der Waals surface area contributed by atoms with E-state index in [4.69, 9.17) is 19.6 Å². The van der Waals surface area contributed by atoms with Crippen LogP contribution in [-0.2, 0) is 11.3 Å². The second-order valence-corrected chi connectivity index (χ2v) is 8.01. The van der Waals surface area contributed by atoms with Gasteiger partial charge in [0.2, 0.25) is 5.88 Å². The highest BCUT2D eigenvalue weighted by Gasteiger charge is 2.25. The summed E-state index contributed by atoms with van der Waals surface area (Å²) in [7, 11) is 1.68. The summed E-state index contributed by atoms with van der Waals surface area (Å²) in [5, 5.41) is 4.85. The molecular formula is C22H28N6O2. The van der Waals surface area contributed by atoms with E-state index in [9.17, 15) is 0 Å². The molecule has 30 heavy (non-hydrogen) atoms. The fourth-order valence-electron chi connectivity index (χ4n) is 4.45. The summed E-state index contributed by atoms with van der Waals surface area (Å²) < 4.78 is 12.8. The number of hydrogen-bond donors (Lipinski definition) is 0. The lowest BCUT2D eigenvalue weighted by molar-refractivity contribution is 0.122. The molecule has 8 nitrogen and oxygen atoms in total. The summed E-state index contributed by atoms with van der Waals surface area (Å²) in [5.41, 5.74) is 3.21. The van der Waals surface area contributed by atoms with Crippen molar-refractivity contribution < 1.29 is 9.47 Å². The summed E-state index contributed by atoms with van der Waals surface area (Å²) >= 11 is 0. The van der Waals surface area contributed by atoms with Crippen LogP contribution >= 0.6 is 0 Å². The van der Waals surface area contributed by atoms with E-state index in [0.717, 1.165) is 75.8 Å². The van der Waals surface area contributed by atoms with Gasteiger partial charge in [0.05, 0.1) is 32.2 Å². The third kappa shape index (κ3) is 3.97. The Morgan fingerprint density at radius 2 is 2.07 bits per heavy atom. The topological polar surface area (TPSA) is 68.0 Å². The van der Waals surface area contributed by atoms with Crippen LogP contribution in [0.5, 0.6) is 5.88 Å². The molecule has 0 radical (unpaired) electrons. The Morgan fingerprint density at radius 3 is 2.93 bits per heavy atom. The van der Waals surface area contributed by atoms with Gasteiger partial charge in [0.15, 0.2) is 11.5 Å². The van der Waals surface area contributed by atoms with Gasteiger partial charge in [0.25, 0.3) is 0 Å². The molecule has 158 valence electrons. The van der Waals surface area contributed by atoms with Crippen molar-refractivity contribution in [3.8, 4) is 5.88 Å². The monoisotopic (exact) mass is 408 g/mol. The van der Waals surface area contributed by atoms with Crippen molar-refractivity contribution in [2.45, 2.75) is 25.3 Å². The van der Waals surface area contributed by atoms with Gasteiger partial charge in [-0.2, -0.15) is 5.10 Å². The molecule has 1 atom stereocenters. The first-order valence-electron chi connectivity index (χ1n) is 10.7. The number of rotatable bonds is 5. The smallest absolute Gasteiger partial charge is 0.217 e. The largest absolute Gasteiger partial charge is 0.481 e. The molecule has 0 saturated carbocycles. The normalized spacial score (nSPS) is 20.6. The molecule has 5 heterocycles. The van der Waals surface area contributed by atoms with E-state index in [1.807, 2.05) is 10.6 Å². The van der Waals surface area contributed by atoms with E-state index in [-0.39, 0.29) is 0 Å². The zero-order valence-electron chi connectivity index (χ0n) is 17.4. The van der Waals surface area contributed by atoms with Gasteiger partial charge in [-0.05, 0) is 37.6 Å². The number of hydrogen-bond acceptors (Lipinski definition) is 7. The van der Waals surface area contributed by atoms with Gasteiger partial charge in [-0.3, -0.25) is 4.90 Å². The lowest BCUT2D eigenvalue weighted by Crippen LogP contribution is -2.36. The average molecular weight is 409 g/mol. The summed E-state index contributed by atoms with van der Waals surface area (Å²) in [4.78, 5) is 14.0. The van der Waals surface area contributed by atoms with Gasteiger partial charge < -0.3 is 14.4 Å². The van der Waals surface area contributed by atoms with Crippen LogP contribution < -0.4 is 9.64 Å². The van der Waals surface area contributed by atoms with E-state index in [2.05, 4.69) is 39.2 Å². The molecular weight excluding hydrogens is 380 g/mol. The minimum atomic E-state index is 0.341. The minimum absolute atomic E-state index is 0.341. The van der Waals surface area contributed by atoms with Gasteiger partial charge in [0, 0.05) is 43.9 Å². The molecule has 2 aliphatic rings. The van der Waals surface area contributed by atoms with Gasteiger partial charge in [-0.15, -0.1) is 0 Å². The van der Waals surface area contributed by atoms with Crippen LogP contribution in [-0.4, -0.2) is 71.0 Å². The minimum Gasteiger partial charge on any atom is -0.481 e. The van der Waals surface area contributed by atoms with Gasteiger partial charge in [-0.25, -0.2) is 14.5 Å². The fourth-order valence-corrected chi connectivity index (χ4v) is 4.45. The Hall–Kier alpha value is -2.71. The maximum atomic E-state index is 5.47. The first kappa shape index (κ1) is 19.3. The van der Waals surface area contributed by atoms with Crippen LogP contribution in [0, 0.1) is 0 Å². The van der Waals surface area contributed by atoms with Crippen molar-refractivity contribution in [3.63, 3.8) is 0 Å². The summed E-state index contributed by atoms with van der Waals surface area (Å²) in [6.45, 7) is 6.25. The Bertz CT molecular complexity index is 1000. The summed E-state index contributed by atoms with van der Waals surface area (Å²) in [5.74, 6) is 1.99. The number of anilines is 1. The summed E-state index contributed by atoms with van der Waals surface area (Å²) in [6, 6.07) is 8.27. The zero-order chi connectivity index (χ0) is 20.3. The maximum Gasteiger partial charge on any atom is 0.217 e. The van der Waals surface area contributed by atoms with Gasteiger partial charge in [0.1, 0.15) is 0 Å². The molecule has 2 saturated heterocycles. The molecule has 0 aliphatic carbocycles. The number of fused-ring (bicyclic) bond motifs is 1. The standard InChI is InChI=1S/C22H28N6O2/c1-29-22-18(4-2-8-23-22)15-26-9-3-5-17(14-26)21-24-20-7-6-19(16-28(20)25-21)27-10-12-30-13-11-27/h2,4,6-8,16-17H,3,5,9-15H2,1H3/t17-/m1/s1. The van der Waals surface area contributed by atoms with Crippen LogP contribution in [0.2, 0.25) is 0 Å². The number of nitrogens with zero attached hydrogens (tertiary/aromatic N) is 6. The summed E-state index contributed by atoms with van der Waals surface area (Å²) in [6.07, 6.45) is 6.13. The number of piperidine rings is 1. The molecule has 3 aromatic rings. The van der Waals surface area contributed by atoms with Crippen LogP contribution in [0.15, 0.2) is 36.7 Å². The first-order valence-corrected chi connectivity index (χ1v) is 10.7. The Labute approximate surface area is 176 Å². The van der Waals surface area contributed by atoms with Crippen molar-refractivity contribution in [2.75, 3.05) is 51.4 Å². The maximum absolute atomic E-state index is 5.47. The molecule has 0 unspecified atom stereocenters. The third-order valence-electron chi connectivity index (χ3n) is 6.02. The van der Waals surface area contributed by atoms with E-state index in [1.54, 1.807) is 13.3 Å². The van der Waals surface area contributed by atoms with Crippen LogP contribution in [0.1, 0.15) is 30.1 Å². The lowest BCUT2D eigenvalue weighted by atomic mass is 9.97. The number of aromatic nitrogens is 4. The van der Waals surface area contributed by atoms with Crippen molar-refractivity contribution in [1.29, 1.82) is 0 Å². The van der Waals surface area contributed by atoms with E-state index < -0.39 is 0 Å². The number of morpholine rings is 1. The van der Waals surface area contributed by atoms with Crippen LogP contribution in [0.3, 0.4) is 0 Å². The quantitative estimate of drug-likeness (QED) is 0.642. The molecule has 2 aliphatic heterocycles. The number of ether oxygens (including phenoxy) is 2. The molecule has 0 bridgehead atoms. The molecule has 8 heteroatoms. The highest BCUT2D eigenvalue weighted by atomic mass is 16.5. The van der Waals surface area contributed by atoms with Crippen LogP contribution in [0.4, 0.5) is 5.69 Å². The second-order valence-electron chi connectivity index (χ2n) is 8.01. The van der Waals surface area contributed by atoms with Crippen molar-refractivity contribution >= 4 is 11.3 Å². The number of pyridine rings is 2. The zero-order valence-corrected chi connectivity index (χ0v) is 17.4. The molecule has 0 spiro atoms. The van der Waals surface area contributed by atoms with Crippen LogP contribution in [0.25, 0.3) is 5.65 Å². The third-order valence-corrected chi connectivity index (χ3v) is 6.02. The predicted molar refractivity (Wildman–Crippen MR) is 114 cm³/mol. The molecule has 0 N–H and O–H groups in total. The van der Waals surface area contributed by atoms with E-state index in [1.165, 1.54) is 5.69 Å². The van der Waals surface area contributed by atoms with Crippen molar-refractivity contribution in [1.82, 2.24) is 24.5 Å². The van der Waals surface area contributed by atoms with Gasteiger partial charge in [-0.1, -0.05) is 6.07 Å². The Balaban J connectivity index is 1.32. The lowest BCUT2D eigenvalue weighted by Gasteiger charge is -2.31. The van der Waals surface area contributed by atoms with Crippen molar-refractivity contribution in [3.05, 3.63) is 48.0 Å². The van der Waals surface area contributed by atoms with Crippen molar-refractivity contribution in [2.24, 2.45) is 0 Å². The molecule has 0 aromatic carbocycles. The van der Waals surface area contributed by atoms with E-state index >= 15 is 0 Å². The fraction of sp³-hybridized carbons (Fsp3) is 0.500. The molecule has 0 amide bonds. The first-order chi connectivity index (χ1) is 14.8.